The van der Waals surface area contributed by atoms with Crippen molar-refractivity contribution in [2.45, 2.75) is 74.7 Å². The molecule has 6 rings (SSSR count). The van der Waals surface area contributed by atoms with Crippen LogP contribution in [0.4, 0.5) is 0 Å². The Morgan fingerprint density at radius 3 is 2.67 bits per heavy atom. The number of thiophene rings is 1. The Bertz CT molecular complexity index is 1340. The van der Waals surface area contributed by atoms with E-state index in [1.165, 1.54) is 36.1 Å². The highest BCUT2D eigenvalue weighted by atomic mass is 32.2. The third-order valence-corrected chi connectivity index (χ3v) is 8.83. The third kappa shape index (κ3) is 4.15. The highest BCUT2D eigenvalue weighted by Crippen LogP contribution is 2.37. The van der Waals surface area contributed by atoms with Crippen molar-refractivity contribution >= 4 is 33.3 Å². The summed E-state index contributed by atoms with van der Waals surface area (Å²) in [6.45, 7) is 0. The molecule has 0 N–H and O–H groups in total. The normalized spacial score (nSPS) is 16.5. The van der Waals surface area contributed by atoms with Crippen LogP contribution >= 0.6 is 23.1 Å². The molecule has 170 valence electrons. The van der Waals surface area contributed by atoms with Gasteiger partial charge in [-0.05, 0) is 49.7 Å². The van der Waals surface area contributed by atoms with Gasteiger partial charge in [0.05, 0.1) is 17.6 Å². The van der Waals surface area contributed by atoms with Crippen molar-refractivity contribution in [3.63, 3.8) is 0 Å². The summed E-state index contributed by atoms with van der Waals surface area (Å²) in [5.41, 5.74) is 2.57. The lowest BCUT2D eigenvalue weighted by molar-refractivity contribution is 0.455. The van der Waals surface area contributed by atoms with E-state index in [1.54, 1.807) is 23.1 Å². The number of benzene rings is 1. The van der Waals surface area contributed by atoms with Crippen molar-refractivity contribution in [1.29, 1.82) is 0 Å². The van der Waals surface area contributed by atoms with Crippen LogP contribution in [0.1, 0.15) is 72.4 Å². The Labute approximate surface area is 200 Å². The first kappa shape index (κ1) is 21.1. The van der Waals surface area contributed by atoms with Gasteiger partial charge >= 0.3 is 0 Å². The molecular formula is C25H26N4O2S2. The predicted molar refractivity (Wildman–Crippen MR) is 131 cm³/mol. The third-order valence-electron chi connectivity index (χ3n) is 6.71. The molecule has 2 aliphatic rings. The molecule has 4 aromatic rings. The standard InChI is InChI=1S/C25H26N4O2S2/c30-24-22-18-12-6-7-13-19(18)33-23(22)26-25(29(24)17-10-4-5-11-17)32-15-21-28-27-20(31-21)14-16-8-2-1-3-9-16/h1-3,8-9,17H,4-7,10-15H2. The predicted octanol–water partition coefficient (Wildman–Crippen LogP) is 5.72. The molecule has 0 spiro atoms. The zero-order chi connectivity index (χ0) is 22.2. The lowest BCUT2D eigenvalue weighted by Crippen LogP contribution is -2.26. The second-order valence-corrected chi connectivity index (χ2v) is 11.0. The highest BCUT2D eigenvalue weighted by Gasteiger charge is 2.27. The summed E-state index contributed by atoms with van der Waals surface area (Å²) >= 11 is 3.26. The first-order chi connectivity index (χ1) is 16.3. The number of aromatic nitrogens is 4. The van der Waals surface area contributed by atoms with E-state index < -0.39 is 0 Å². The number of hydrogen-bond donors (Lipinski definition) is 0. The SMILES string of the molecule is O=c1c2c3c(sc2nc(SCc2nnc(Cc4ccccc4)o2)n1C1CCCC1)CCCC3. The molecule has 2 aliphatic carbocycles. The van der Waals surface area contributed by atoms with Crippen LogP contribution < -0.4 is 5.56 Å². The van der Waals surface area contributed by atoms with Crippen LogP contribution in [0.3, 0.4) is 0 Å². The van der Waals surface area contributed by atoms with Crippen LogP contribution in [0.15, 0.2) is 44.7 Å². The molecule has 0 amide bonds. The fourth-order valence-electron chi connectivity index (χ4n) is 5.10. The van der Waals surface area contributed by atoms with E-state index in [2.05, 4.69) is 22.3 Å². The fourth-order valence-corrected chi connectivity index (χ4v) is 7.31. The van der Waals surface area contributed by atoms with Gasteiger partial charge in [-0.3, -0.25) is 9.36 Å². The van der Waals surface area contributed by atoms with Gasteiger partial charge in [-0.15, -0.1) is 21.5 Å². The van der Waals surface area contributed by atoms with Crippen molar-refractivity contribution < 1.29 is 4.42 Å². The first-order valence-corrected chi connectivity index (χ1v) is 13.6. The summed E-state index contributed by atoms with van der Waals surface area (Å²) in [7, 11) is 0. The molecule has 0 unspecified atom stereocenters. The maximum Gasteiger partial charge on any atom is 0.263 e. The molecule has 0 atom stereocenters. The van der Waals surface area contributed by atoms with Crippen LogP contribution in [0.5, 0.6) is 0 Å². The summed E-state index contributed by atoms with van der Waals surface area (Å²) in [4.78, 5) is 21.0. The van der Waals surface area contributed by atoms with E-state index in [0.29, 0.717) is 24.0 Å². The van der Waals surface area contributed by atoms with E-state index in [1.807, 2.05) is 22.8 Å². The molecule has 3 aromatic heterocycles. The van der Waals surface area contributed by atoms with E-state index in [4.69, 9.17) is 9.40 Å². The Kier molecular flexibility index (Phi) is 5.80. The van der Waals surface area contributed by atoms with Gasteiger partial charge in [-0.2, -0.15) is 0 Å². The molecule has 0 saturated heterocycles. The maximum absolute atomic E-state index is 13.8. The van der Waals surface area contributed by atoms with E-state index >= 15 is 0 Å². The minimum absolute atomic E-state index is 0.157. The summed E-state index contributed by atoms with van der Waals surface area (Å²) in [6, 6.07) is 10.4. The van der Waals surface area contributed by atoms with Crippen LogP contribution in [0, 0.1) is 0 Å². The van der Waals surface area contributed by atoms with Crippen molar-refractivity contribution in [3.05, 3.63) is 68.5 Å². The van der Waals surface area contributed by atoms with E-state index in [9.17, 15) is 4.79 Å². The van der Waals surface area contributed by atoms with Gasteiger partial charge in [0.2, 0.25) is 11.8 Å². The lowest BCUT2D eigenvalue weighted by atomic mass is 9.97. The molecule has 6 nitrogen and oxygen atoms in total. The van der Waals surface area contributed by atoms with Crippen molar-refractivity contribution in [2.75, 3.05) is 0 Å². The molecule has 1 aromatic carbocycles. The summed E-state index contributed by atoms with van der Waals surface area (Å²) in [5, 5.41) is 10.1. The van der Waals surface area contributed by atoms with Crippen molar-refractivity contribution in [2.24, 2.45) is 0 Å². The molecule has 0 aliphatic heterocycles. The van der Waals surface area contributed by atoms with Crippen molar-refractivity contribution in [3.8, 4) is 0 Å². The van der Waals surface area contributed by atoms with Gasteiger partial charge in [0, 0.05) is 10.9 Å². The van der Waals surface area contributed by atoms with Gasteiger partial charge in [-0.25, -0.2) is 4.98 Å². The van der Waals surface area contributed by atoms with Gasteiger partial charge in [0.25, 0.3) is 5.56 Å². The Morgan fingerprint density at radius 2 is 1.82 bits per heavy atom. The van der Waals surface area contributed by atoms with E-state index in [0.717, 1.165) is 46.6 Å². The highest BCUT2D eigenvalue weighted by molar-refractivity contribution is 7.98. The monoisotopic (exact) mass is 478 g/mol. The molecule has 33 heavy (non-hydrogen) atoms. The average Bonchev–Trinajstić information content (AvgIpc) is 3.58. The fraction of sp³-hybridized carbons (Fsp3) is 0.440. The first-order valence-electron chi connectivity index (χ1n) is 11.8. The molecule has 1 saturated carbocycles. The zero-order valence-electron chi connectivity index (χ0n) is 18.5. The van der Waals surface area contributed by atoms with Gasteiger partial charge in [0.15, 0.2) is 5.16 Å². The average molecular weight is 479 g/mol. The quantitative estimate of drug-likeness (QED) is 0.261. The van der Waals surface area contributed by atoms with Crippen LogP contribution in [0.2, 0.25) is 0 Å². The van der Waals surface area contributed by atoms with Gasteiger partial charge < -0.3 is 4.42 Å². The maximum atomic E-state index is 13.8. The molecule has 0 bridgehead atoms. The molecule has 8 heteroatoms. The van der Waals surface area contributed by atoms with Gasteiger partial charge in [-0.1, -0.05) is 54.9 Å². The van der Waals surface area contributed by atoms with Crippen LogP contribution in [-0.4, -0.2) is 19.7 Å². The van der Waals surface area contributed by atoms with E-state index in [-0.39, 0.29) is 11.6 Å². The van der Waals surface area contributed by atoms with Crippen molar-refractivity contribution in [1.82, 2.24) is 19.7 Å². The summed E-state index contributed by atoms with van der Waals surface area (Å²) < 4.78 is 7.89. The number of thioether (sulfide) groups is 1. The Morgan fingerprint density at radius 1 is 1.03 bits per heavy atom. The smallest absolute Gasteiger partial charge is 0.263 e. The minimum Gasteiger partial charge on any atom is -0.424 e. The number of hydrogen-bond acceptors (Lipinski definition) is 7. The molecule has 3 heterocycles. The molecule has 1 fully saturated rings. The number of aryl methyl sites for hydroxylation is 2. The topological polar surface area (TPSA) is 73.8 Å². The number of nitrogens with zero attached hydrogens (tertiary/aromatic N) is 4. The second-order valence-electron chi connectivity index (χ2n) is 8.94. The Hall–Kier alpha value is -2.45. The molecule has 0 radical (unpaired) electrons. The summed E-state index contributed by atoms with van der Waals surface area (Å²) in [6.07, 6.45) is 9.53. The summed E-state index contributed by atoms with van der Waals surface area (Å²) in [5.74, 6) is 1.69. The lowest BCUT2D eigenvalue weighted by Gasteiger charge is -2.18. The Balaban J connectivity index is 1.30. The van der Waals surface area contributed by atoms with Gasteiger partial charge in [0.1, 0.15) is 4.83 Å². The molecular weight excluding hydrogens is 452 g/mol. The largest absolute Gasteiger partial charge is 0.424 e. The zero-order valence-corrected chi connectivity index (χ0v) is 20.1. The van der Waals surface area contributed by atoms with Crippen LogP contribution in [-0.2, 0) is 25.0 Å². The van der Waals surface area contributed by atoms with Crippen LogP contribution in [0.25, 0.3) is 10.2 Å². The number of rotatable bonds is 6. The minimum atomic E-state index is 0.157. The second kappa shape index (κ2) is 9.06. The number of fused-ring (bicyclic) bond motifs is 3.